The van der Waals surface area contributed by atoms with Crippen LogP contribution in [0.1, 0.15) is 49.8 Å². The average molecular weight is 639 g/mol. The summed E-state index contributed by atoms with van der Waals surface area (Å²) in [5.74, 6) is -1.25. The molecule has 0 bridgehead atoms. The standard InChI is InChI=1S/C32H38F4N2O5S/c1-31(2,16-6-8-24-7-4-5-9-29(24)33)37-20-27(39)21-38(3)44(42,43)28-18-25(17-26(19-28)32(34,35)36)23-13-10-22(11-14-23)12-15-30(40)41/h4-5,7,9-11,13-14,17-19,27,37,39H,6,8,12,15-16,20-21H2,1-3H3,(H,40,41)/t27-/m1/s1. The highest BCUT2D eigenvalue weighted by atomic mass is 32.2. The van der Waals surface area contributed by atoms with Gasteiger partial charge in [-0.15, -0.1) is 0 Å². The van der Waals surface area contributed by atoms with E-state index in [2.05, 4.69) is 5.32 Å². The van der Waals surface area contributed by atoms with E-state index in [9.17, 15) is 35.9 Å². The van der Waals surface area contributed by atoms with Crippen LogP contribution in [0.15, 0.2) is 71.6 Å². The molecule has 0 aliphatic heterocycles. The first-order valence-electron chi connectivity index (χ1n) is 14.1. The molecule has 3 aromatic rings. The molecule has 3 N–H and O–H groups in total. The molecule has 1 atom stereocenters. The fraction of sp³-hybridized carbons (Fsp3) is 0.406. The summed E-state index contributed by atoms with van der Waals surface area (Å²) in [6, 6.07) is 15.3. The predicted octanol–water partition coefficient (Wildman–Crippen LogP) is 5.90. The van der Waals surface area contributed by atoms with Crippen LogP contribution in [0.5, 0.6) is 0 Å². The summed E-state index contributed by atoms with van der Waals surface area (Å²) in [6.07, 6.45) is -3.98. The van der Waals surface area contributed by atoms with Crippen molar-refractivity contribution in [1.29, 1.82) is 0 Å². The van der Waals surface area contributed by atoms with Crippen molar-refractivity contribution >= 4 is 16.0 Å². The lowest BCUT2D eigenvalue weighted by Gasteiger charge is -2.29. The number of rotatable bonds is 15. The van der Waals surface area contributed by atoms with Crippen LogP contribution in [-0.2, 0) is 33.8 Å². The molecule has 44 heavy (non-hydrogen) atoms. The fourth-order valence-corrected chi connectivity index (χ4v) is 6.02. The van der Waals surface area contributed by atoms with Gasteiger partial charge in [0, 0.05) is 32.1 Å². The van der Waals surface area contributed by atoms with E-state index >= 15 is 0 Å². The molecule has 0 saturated heterocycles. The maximum Gasteiger partial charge on any atom is 0.416 e. The Morgan fingerprint density at radius 1 is 0.977 bits per heavy atom. The Morgan fingerprint density at radius 3 is 2.25 bits per heavy atom. The van der Waals surface area contributed by atoms with Crippen molar-refractivity contribution in [3.63, 3.8) is 0 Å². The molecule has 0 amide bonds. The van der Waals surface area contributed by atoms with Crippen molar-refractivity contribution in [3.05, 3.63) is 89.2 Å². The average Bonchev–Trinajstić information content (AvgIpc) is 2.95. The number of β-amino-alcohol motifs (C(OH)–C–C–N with tert-alkyl or cyclic N) is 1. The summed E-state index contributed by atoms with van der Waals surface area (Å²) < 4.78 is 82.8. The lowest BCUT2D eigenvalue weighted by molar-refractivity contribution is -0.138. The van der Waals surface area contributed by atoms with Crippen molar-refractivity contribution in [2.24, 2.45) is 0 Å². The fourth-order valence-electron chi connectivity index (χ4n) is 4.74. The van der Waals surface area contributed by atoms with E-state index in [1.54, 1.807) is 30.3 Å². The van der Waals surface area contributed by atoms with E-state index in [0.717, 1.165) is 16.4 Å². The SMILES string of the molecule is CN(C[C@H](O)CNC(C)(C)CCCc1ccccc1F)S(=O)(=O)c1cc(-c2ccc(CCC(=O)O)cc2)cc(C(F)(F)F)c1. The molecule has 0 saturated carbocycles. The molecule has 0 fully saturated rings. The number of benzene rings is 3. The van der Waals surface area contributed by atoms with Crippen LogP contribution in [-0.4, -0.2) is 60.7 Å². The second-order valence-electron chi connectivity index (χ2n) is 11.5. The maximum atomic E-state index is 13.9. The number of nitrogens with one attached hydrogen (secondary N) is 1. The first-order chi connectivity index (χ1) is 20.5. The normalized spacial score (nSPS) is 13.3. The Bertz CT molecular complexity index is 1530. The van der Waals surface area contributed by atoms with Crippen molar-refractivity contribution in [1.82, 2.24) is 9.62 Å². The molecular formula is C32H38F4N2O5S. The van der Waals surface area contributed by atoms with Gasteiger partial charge >= 0.3 is 12.1 Å². The van der Waals surface area contributed by atoms with E-state index in [-0.39, 0.29) is 37.3 Å². The van der Waals surface area contributed by atoms with Gasteiger partial charge in [-0.1, -0.05) is 42.5 Å². The van der Waals surface area contributed by atoms with Crippen LogP contribution in [0.25, 0.3) is 11.1 Å². The van der Waals surface area contributed by atoms with Gasteiger partial charge in [0.15, 0.2) is 0 Å². The molecule has 0 heterocycles. The lowest BCUT2D eigenvalue weighted by atomic mass is 9.95. The Labute approximate surface area is 255 Å². The highest BCUT2D eigenvalue weighted by Gasteiger charge is 2.34. The number of halogens is 4. The maximum absolute atomic E-state index is 13.9. The zero-order valence-corrected chi connectivity index (χ0v) is 25.7. The van der Waals surface area contributed by atoms with E-state index in [4.69, 9.17) is 5.11 Å². The van der Waals surface area contributed by atoms with Gasteiger partial charge in [-0.25, -0.2) is 12.8 Å². The molecule has 7 nitrogen and oxygen atoms in total. The van der Waals surface area contributed by atoms with Crippen LogP contribution in [0, 0.1) is 5.82 Å². The topological polar surface area (TPSA) is 107 Å². The summed E-state index contributed by atoms with van der Waals surface area (Å²) in [4.78, 5) is 10.2. The number of aliphatic hydroxyl groups is 1. The molecule has 0 aliphatic carbocycles. The van der Waals surface area contributed by atoms with Gasteiger partial charge in [-0.2, -0.15) is 17.5 Å². The van der Waals surface area contributed by atoms with Crippen LogP contribution in [0.3, 0.4) is 0 Å². The molecule has 12 heteroatoms. The number of carboxylic acid groups (broad SMARTS) is 1. The third kappa shape index (κ3) is 10.1. The quantitative estimate of drug-likeness (QED) is 0.179. The summed E-state index contributed by atoms with van der Waals surface area (Å²) in [6.45, 7) is 3.47. The third-order valence-electron chi connectivity index (χ3n) is 7.35. The molecule has 0 aromatic heterocycles. The molecule has 0 spiro atoms. The van der Waals surface area contributed by atoms with Gasteiger partial charge in [0.2, 0.25) is 10.0 Å². The molecular weight excluding hydrogens is 600 g/mol. The smallest absolute Gasteiger partial charge is 0.416 e. The van der Waals surface area contributed by atoms with E-state index in [0.29, 0.717) is 42.0 Å². The zero-order valence-electron chi connectivity index (χ0n) is 24.9. The molecule has 0 radical (unpaired) electrons. The minimum atomic E-state index is -4.82. The Hall–Kier alpha value is -3.32. The van der Waals surface area contributed by atoms with E-state index < -0.39 is 44.3 Å². The highest BCUT2D eigenvalue weighted by molar-refractivity contribution is 7.89. The van der Waals surface area contributed by atoms with Gasteiger partial charge in [-0.3, -0.25) is 4.79 Å². The van der Waals surface area contributed by atoms with Crippen LogP contribution >= 0.6 is 0 Å². The number of nitrogens with zero attached hydrogens (tertiary/aromatic N) is 1. The molecule has 240 valence electrons. The third-order valence-corrected chi connectivity index (χ3v) is 9.15. The Morgan fingerprint density at radius 2 is 1.64 bits per heavy atom. The minimum absolute atomic E-state index is 0.0224. The number of hydrogen-bond acceptors (Lipinski definition) is 5. The molecule has 0 unspecified atom stereocenters. The highest BCUT2D eigenvalue weighted by Crippen LogP contribution is 2.35. The number of aliphatic hydroxyl groups excluding tert-OH is 1. The second kappa shape index (κ2) is 14.6. The summed E-state index contributed by atoms with van der Waals surface area (Å²) in [5.41, 5.74) is 0.0400. The van der Waals surface area contributed by atoms with Gasteiger partial charge in [0.25, 0.3) is 0 Å². The van der Waals surface area contributed by atoms with Crippen LogP contribution < -0.4 is 5.32 Å². The molecule has 3 aromatic carbocycles. The van der Waals surface area contributed by atoms with Crippen LogP contribution in [0.2, 0.25) is 0 Å². The summed E-state index contributed by atoms with van der Waals surface area (Å²) in [7, 11) is -3.24. The second-order valence-corrected chi connectivity index (χ2v) is 13.5. The summed E-state index contributed by atoms with van der Waals surface area (Å²) in [5, 5.41) is 22.7. The van der Waals surface area contributed by atoms with Crippen molar-refractivity contribution in [2.45, 2.75) is 68.7 Å². The first kappa shape index (κ1) is 35.2. The van der Waals surface area contributed by atoms with Gasteiger partial charge < -0.3 is 15.5 Å². The zero-order chi connectivity index (χ0) is 32.7. The van der Waals surface area contributed by atoms with Crippen LogP contribution in [0.4, 0.5) is 17.6 Å². The van der Waals surface area contributed by atoms with Crippen molar-refractivity contribution < 1.29 is 41.0 Å². The van der Waals surface area contributed by atoms with Crippen molar-refractivity contribution in [3.8, 4) is 11.1 Å². The Balaban J connectivity index is 1.69. The Kier molecular flexibility index (Phi) is 11.7. The lowest BCUT2D eigenvalue weighted by Crippen LogP contribution is -2.46. The van der Waals surface area contributed by atoms with Gasteiger partial charge in [-0.05, 0) is 86.1 Å². The summed E-state index contributed by atoms with van der Waals surface area (Å²) >= 11 is 0. The number of hydrogen-bond donors (Lipinski definition) is 3. The first-order valence-corrected chi connectivity index (χ1v) is 15.6. The largest absolute Gasteiger partial charge is 0.481 e. The molecule has 0 aliphatic rings. The van der Waals surface area contributed by atoms with Gasteiger partial charge in [0.05, 0.1) is 16.6 Å². The number of carbonyl (C=O) groups is 1. The number of carboxylic acids is 1. The predicted molar refractivity (Wildman–Crippen MR) is 160 cm³/mol. The number of alkyl halides is 3. The number of sulfonamides is 1. The van der Waals surface area contributed by atoms with E-state index in [1.807, 2.05) is 13.8 Å². The number of likely N-dealkylation sites (N-methyl/N-ethyl adjacent to an activating group) is 1. The van der Waals surface area contributed by atoms with Gasteiger partial charge in [0.1, 0.15) is 5.82 Å². The number of aryl methyl sites for hydroxylation is 2. The monoisotopic (exact) mass is 638 g/mol. The minimum Gasteiger partial charge on any atom is -0.481 e. The van der Waals surface area contributed by atoms with Crippen molar-refractivity contribution in [2.75, 3.05) is 20.1 Å². The van der Waals surface area contributed by atoms with E-state index in [1.165, 1.54) is 25.2 Å². The number of aliphatic carboxylic acids is 1. The molecule has 3 rings (SSSR count).